The van der Waals surface area contributed by atoms with Crippen LogP contribution in [0.25, 0.3) is 0 Å². The Morgan fingerprint density at radius 1 is 1.38 bits per heavy atom. The molecule has 0 saturated carbocycles. The Morgan fingerprint density at radius 3 is 3.19 bits per heavy atom. The number of H-pyrrole nitrogens is 1. The van der Waals surface area contributed by atoms with E-state index in [2.05, 4.69) is 15.3 Å². The number of nitrogens with one attached hydrogen (secondary N) is 2. The highest BCUT2D eigenvalue weighted by atomic mass is 19.1. The van der Waals surface area contributed by atoms with Crippen LogP contribution in [0.1, 0.15) is 23.0 Å². The molecule has 82 valence electrons. The van der Waals surface area contributed by atoms with Crippen LogP contribution in [0.5, 0.6) is 0 Å². The molecule has 0 fully saturated rings. The second kappa shape index (κ2) is 3.72. The molecule has 0 amide bonds. The third-order valence-electron chi connectivity index (χ3n) is 2.93. The quantitative estimate of drug-likeness (QED) is 0.764. The zero-order valence-corrected chi connectivity index (χ0v) is 8.70. The lowest BCUT2D eigenvalue weighted by Gasteiger charge is -2.23. The molecular formula is C12H12FN3. The fourth-order valence-corrected chi connectivity index (χ4v) is 2.18. The molecule has 0 radical (unpaired) electrons. The van der Waals surface area contributed by atoms with Crippen molar-refractivity contribution in [2.24, 2.45) is 0 Å². The molecule has 1 aliphatic heterocycles. The average Bonchev–Trinajstić information content (AvgIpc) is 2.76. The standard InChI is InChI=1S/C12H12FN3/c13-9-3-1-2-8(6-9)11-12-10(4-5-14-11)15-7-16-12/h1-3,6-7,11,14H,4-5H2,(H,15,16)/t11-/m1/s1. The van der Waals surface area contributed by atoms with Crippen molar-refractivity contribution in [1.29, 1.82) is 0 Å². The van der Waals surface area contributed by atoms with Gasteiger partial charge in [0.25, 0.3) is 0 Å². The first kappa shape index (κ1) is 9.54. The summed E-state index contributed by atoms with van der Waals surface area (Å²) in [4.78, 5) is 7.43. The van der Waals surface area contributed by atoms with Gasteiger partial charge in [-0.3, -0.25) is 0 Å². The maximum absolute atomic E-state index is 13.2. The number of nitrogens with zero attached hydrogens (tertiary/aromatic N) is 1. The minimum Gasteiger partial charge on any atom is -0.348 e. The average molecular weight is 217 g/mol. The Morgan fingerprint density at radius 2 is 2.31 bits per heavy atom. The van der Waals surface area contributed by atoms with E-state index in [9.17, 15) is 4.39 Å². The van der Waals surface area contributed by atoms with Crippen molar-refractivity contribution in [3.05, 3.63) is 53.4 Å². The molecule has 0 spiro atoms. The van der Waals surface area contributed by atoms with Crippen molar-refractivity contribution in [1.82, 2.24) is 15.3 Å². The lowest BCUT2D eigenvalue weighted by atomic mass is 9.98. The smallest absolute Gasteiger partial charge is 0.123 e. The van der Waals surface area contributed by atoms with Crippen molar-refractivity contribution in [2.75, 3.05) is 6.54 Å². The van der Waals surface area contributed by atoms with Crippen molar-refractivity contribution < 1.29 is 4.39 Å². The summed E-state index contributed by atoms with van der Waals surface area (Å²) < 4.78 is 13.2. The van der Waals surface area contributed by atoms with Gasteiger partial charge in [0, 0.05) is 18.7 Å². The SMILES string of the molecule is Fc1cccc([C@H]2NCCc3[nH]cnc32)c1. The van der Waals surface area contributed by atoms with Gasteiger partial charge in [-0.25, -0.2) is 9.37 Å². The maximum atomic E-state index is 13.2. The summed E-state index contributed by atoms with van der Waals surface area (Å²) in [6.07, 6.45) is 2.64. The number of rotatable bonds is 1. The van der Waals surface area contributed by atoms with Gasteiger partial charge in [-0.05, 0) is 17.7 Å². The van der Waals surface area contributed by atoms with Crippen molar-refractivity contribution in [2.45, 2.75) is 12.5 Å². The Hall–Kier alpha value is -1.68. The summed E-state index contributed by atoms with van der Waals surface area (Å²) in [5.41, 5.74) is 3.05. The van der Waals surface area contributed by atoms with Gasteiger partial charge in [0.15, 0.2) is 0 Å². The van der Waals surface area contributed by atoms with Gasteiger partial charge in [-0.2, -0.15) is 0 Å². The van der Waals surface area contributed by atoms with Gasteiger partial charge in [-0.1, -0.05) is 12.1 Å². The van der Waals surface area contributed by atoms with Gasteiger partial charge in [0.2, 0.25) is 0 Å². The van der Waals surface area contributed by atoms with E-state index in [1.807, 2.05) is 6.07 Å². The van der Waals surface area contributed by atoms with E-state index in [0.717, 1.165) is 29.9 Å². The fraction of sp³-hybridized carbons (Fsp3) is 0.250. The number of benzene rings is 1. The van der Waals surface area contributed by atoms with Gasteiger partial charge >= 0.3 is 0 Å². The molecule has 2 heterocycles. The highest BCUT2D eigenvalue weighted by Gasteiger charge is 2.23. The third-order valence-corrected chi connectivity index (χ3v) is 2.93. The van der Waals surface area contributed by atoms with Gasteiger partial charge in [-0.15, -0.1) is 0 Å². The van der Waals surface area contributed by atoms with Crippen molar-refractivity contribution in [3.8, 4) is 0 Å². The third kappa shape index (κ3) is 1.51. The Labute approximate surface area is 92.7 Å². The van der Waals surface area contributed by atoms with E-state index < -0.39 is 0 Å². The Bertz CT molecular complexity index is 506. The molecule has 1 atom stereocenters. The molecule has 1 aromatic carbocycles. The monoisotopic (exact) mass is 217 g/mol. The van der Waals surface area contributed by atoms with E-state index in [0.29, 0.717) is 0 Å². The summed E-state index contributed by atoms with van der Waals surface area (Å²) in [6, 6.07) is 6.67. The molecule has 4 heteroatoms. The number of hydrogen-bond donors (Lipinski definition) is 2. The molecule has 0 aliphatic carbocycles. The molecular weight excluding hydrogens is 205 g/mol. The number of halogens is 1. The maximum Gasteiger partial charge on any atom is 0.123 e. The number of imidazole rings is 1. The number of aromatic amines is 1. The van der Waals surface area contributed by atoms with Crippen LogP contribution in [-0.4, -0.2) is 16.5 Å². The van der Waals surface area contributed by atoms with Gasteiger partial charge < -0.3 is 10.3 Å². The number of fused-ring (bicyclic) bond motifs is 1. The largest absolute Gasteiger partial charge is 0.348 e. The second-order valence-corrected chi connectivity index (χ2v) is 3.96. The molecule has 1 aliphatic rings. The lowest BCUT2D eigenvalue weighted by molar-refractivity contribution is 0.547. The van der Waals surface area contributed by atoms with E-state index in [-0.39, 0.29) is 11.9 Å². The predicted octanol–water partition coefficient (Wildman–Crippen LogP) is 1.78. The molecule has 0 unspecified atom stereocenters. The van der Waals surface area contributed by atoms with Crippen LogP contribution in [0.15, 0.2) is 30.6 Å². The van der Waals surface area contributed by atoms with Crippen LogP contribution in [0.2, 0.25) is 0 Å². The molecule has 16 heavy (non-hydrogen) atoms. The molecule has 3 rings (SSSR count). The molecule has 2 N–H and O–H groups in total. The Balaban J connectivity index is 2.04. The predicted molar refractivity (Wildman–Crippen MR) is 58.5 cm³/mol. The summed E-state index contributed by atoms with van der Waals surface area (Å²) in [5, 5.41) is 3.36. The lowest BCUT2D eigenvalue weighted by Crippen LogP contribution is -2.30. The number of aromatic nitrogens is 2. The summed E-state index contributed by atoms with van der Waals surface area (Å²) >= 11 is 0. The normalized spacial score (nSPS) is 19.4. The topological polar surface area (TPSA) is 40.7 Å². The van der Waals surface area contributed by atoms with Gasteiger partial charge in [0.1, 0.15) is 5.82 Å². The molecule has 0 bridgehead atoms. The van der Waals surface area contributed by atoms with Crippen LogP contribution in [0, 0.1) is 5.82 Å². The zero-order valence-electron chi connectivity index (χ0n) is 8.70. The van der Waals surface area contributed by atoms with Crippen LogP contribution >= 0.6 is 0 Å². The highest BCUT2D eigenvalue weighted by Crippen LogP contribution is 2.26. The minimum atomic E-state index is -0.207. The summed E-state index contributed by atoms with van der Waals surface area (Å²) in [7, 11) is 0. The first-order chi connectivity index (χ1) is 7.84. The first-order valence-electron chi connectivity index (χ1n) is 5.35. The van der Waals surface area contributed by atoms with Crippen LogP contribution in [0.4, 0.5) is 4.39 Å². The first-order valence-corrected chi connectivity index (χ1v) is 5.35. The van der Waals surface area contributed by atoms with E-state index >= 15 is 0 Å². The van der Waals surface area contributed by atoms with Gasteiger partial charge in [0.05, 0.1) is 18.1 Å². The fourth-order valence-electron chi connectivity index (χ4n) is 2.18. The van der Waals surface area contributed by atoms with Crippen molar-refractivity contribution >= 4 is 0 Å². The second-order valence-electron chi connectivity index (χ2n) is 3.96. The summed E-state index contributed by atoms with van der Waals surface area (Å²) in [6.45, 7) is 0.885. The van der Waals surface area contributed by atoms with Crippen LogP contribution < -0.4 is 5.32 Å². The summed E-state index contributed by atoms with van der Waals surface area (Å²) in [5.74, 6) is -0.207. The minimum absolute atomic E-state index is 0.00528. The Kier molecular flexibility index (Phi) is 2.22. The zero-order chi connectivity index (χ0) is 11.0. The van der Waals surface area contributed by atoms with Crippen molar-refractivity contribution in [3.63, 3.8) is 0 Å². The van der Waals surface area contributed by atoms with Crippen LogP contribution in [-0.2, 0) is 6.42 Å². The van der Waals surface area contributed by atoms with E-state index in [1.165, 1.54) is 6.07 Å². The molecule has 2 aromatic rings. The van der Waals surface area contributed by atoms with E-state index in [1.54, 1.807) is 18.5 Å². The van der Waals surface area contributed by atoms with Crippen LogP contribution in [0.3, 0.4) is 0 Å². The molecule has 3 nitrogen and oxygen atoms in total. The molecule has 1 aromatic heterocycles. The highest BCUT2D eigenvalue weighted by molar-refractivity contribution is 5.32. The van der Waals surface area contributed by atoms with E-state index in [4.69, 9.17) is 0 Å². The number of hydrogen-bond acceptors (Lipinski definition) is 2. The molecule has 0 saturated heterocycles.